The van der Waals surface area contributed by atoms with Crippen LogP contribution in [-0.2, 0) is 0 Å². The highest BCUT2D eigenvalue weighted by Gasteiger charge is 2.52. The summed E-state index contributed by atoms with van der Waals surface area (Å²) in [4.78, 5) is 1.84. The van der Waals surface area contributed by atoms with Gasteiger partial charge in [0, 0.05) is 25.2 Å². The van der Waals surface area contributed by atoms with Gasteiger partial charge < -0.3 is 5.32 Å². The van der Waals surface area contributed by atoms with Gasteiger partial charge in [-0.2, -0.15) is 18.4 Å². The summed E-state index contributed by atoms with van der Waals surface area (Å²) >= 11 is 0. The van der Waals surface area contributed by atoms with E-state index in [1.54, 1.807) is 0 Å². The number of alkyl halides is 3. The van der Waals surface area contributed by atoms with E-state index >= 15 is 0 Å². The molecular formula is C12H18F3N3. The molecule has 2 heterocycles. The van der Waals surface area contributed by atoms with E-state index in [4.69, 9.17) is 5.26 Å². The Hall–Kier alpha value is -0.800. The van der Waals surface area contributed by atoms with Gasteiger partial charge >= 0.3 is 6.18 Å². The summed E-state index contributed by atoms with van der Waals surface area (Å²) in [5.74, 6) is -1.10. The molecule has 2 aliphatic heterocycles. The van der Waals surface area contributed by atoms with E-state index in [-0.39, 0.29) is 12.1 Å². The topological polar surface area (TPSA) is 39.1 Å². The van der Waals surface area contributed by atoms with Crippen LogP contribution >= 0.6 is 0 Å². The van der Waals surface area contributed by atoms with Crippen molar-refractivity contribution in [1.82, 2.24) is 10.2 Å². The summed E-state index contributed by atoms with van der Waals surface area (Å²) in [5, 5.41) is 12.0. The fourth-order valence-corrected chi connectivity index (χ4v) is 3.25. The number of likely N-dealkylation sites (tertiary alicyclic amines) is 1. The van der Waals surface area contributed by atoms with Crippen molar-refractivity contribution in [2.45, 2.75) is 25.6 Å². The number of nitrogens with zero attached hydrogens (tertiary/aromatic N) is 2. The van der Waals surface area contributed by atoms with Gasteiger partial charge in [-0.25, -0.2) is 0 Å². The smallest absolute Gasteiger partial charge is 0.316 e. The van der Waals surface area contributed by atoms with Crippen LogP contribution in [0.2, 0.25) is 0 Å². The summed E-state index contributed by atoms with van der Waals surface area (Å²) < 4.78 is 38.0. The zero-order chi connectivity index (χ0) is 13.6. The Morgan fingerprint density at radius 1 is 1.44 bits per heavy atom. The summed E-state index contributed by atoms with van der Waals surface area (Å²) in [7, 11) is 0. The summed E-state index contributed by atoms with van der Waals surface area (Å²) in [6, 6.07) is 1.39. The van der Waals surface area contributed by atoms with Crippen LogP contribution in [0.5, 0.6) is 0 Å². The van der Waals surface area contributed by atoms with Crippen LogP contribution in [0.25, 0.3) is 0 Å². The second-order valence-electron chi connectivity index (χ2n) is 5.81. The molecule has 1 N–H and O–H groups in total. The van der Waals surface area contributed by atoms with Crippen LogP contribution in [-0.4, -0.2) is 42.8 Å². The average molecular weight is 261 g/mol. The zero-order valence-electron chi connectivity index (χ0n) is 10.6. The van der Waals surface area contributed by atoms with Crippen molar-refractivity contribution in [3.05, 3.63) is 0 Å². The largest absolute Gasteiger partial charge is 0.405 e. The monoisotopic (exact) mass is 261 g/mol. The van der Waals surface area contributed by atoms with Crippen molar-refractivity contribution < 1.29 is 13.2 Å². The Bertz CT molecular complexity index is 359. The fraction of sp³-hybridized carbons (Fsp3) is 0.917. The highest BCUT2D eigenvalue weighted by molar-refractivity contribution is 5.06. The van der Waals surface area contributed by atoms with E-state index in [9.17, 15) is 13.2 Å². The molecule has 102 valence electrons. The van der Waals surface area contributed by atoms with Crippen LogP contribution in [0.4, 0.5) is 13.2 Å². The van der Waals surface area contributed by atoms with E-state index < -0.39 is 12.1 Å². The highest BCUT2D eigenvalue weighted by atomic mass is 19.4. The number of rotatable bonds is 2. The Morgan fingerprint density at radius 3 is 2.61 bits per heavy atom. The average Bonchev–Trinajstić information content (AvgIpc) is 2.77. The second kappa shape index (κ2) is 4.39. The Labute approximate surface area is 105 Å². The molecule has 0 aromatic rings. The summed E-state index contributed by atoms with van der Waals surface area (Å²) in [6.07, 6.45) is -4.43. The second-order valence-corrected chi connectivity index (χ2v) is 5.81. The molecule has 0 aliphatic carbocycles. The van der Waals surface area contributed by atoms with Gasteiger partial charge in [0.15, 0.2) is 5.92 Å². The minimum atomic E-state index is -4.43. The van der Waals surface area contributed by atoms with Crippen molar-refractivity contribution in [2.24, 2.45) is 17.8 Å². The van der Waals surface area contributed by atoms with E-state index in [2.05, 4.69) is 5.32 Å². The maximum atomic E-state index is 12.7. The molecule has 0 aromatic heterocycles. The molecule has 2 saturated heterocycles. The van der Waals surface area contributed by atoms with Crippen molar-refractivity contribution in [3.63, 3.8) is 0 Å². The number of nitriles is 1. The molecule has 2 aliphatic rings. The third-order valence-electron chi connectivity index (χ3n) is 4.47. The molecule has 3 atom stereocenters. The first-order valence-electron chi connectivity index (χ1n) is 6.19. The predicted molar refractivity (Wildman–Crippen MR) is 60.7 cm³/mol. The normalized spacial score (nSPS) is 33.1. The quantitative estimate of drug-likeness (QED) is 0.821. The minimum Gasteiger partial charge on any atom is -0.316 e. The third-order valence-corrected chi connectivity index (χ3v) is 4.47. The molecule has 2 fully saturated rings. The van der Waals surface area contributed by atoms with Crippen LogP contribution < -0.4 is 5.32 Å². The van der Waals surface area contributed by atoms with Crippen LogP contribution in [0, 0.1) is 29.1 Å². The molecule has 6 heteroatoms. The first-order chi connectivity index (χ1) is 8.26. The van der Waals surface area contributed by atoms with Gasteiger partial charge in [-0.3, -0.25) is 4.90 Å². The standard InChI is InChI=1S/C12H18F3N3/c1-11(2)10-5-17-4-8(10)6-18(11)7-9(3-16)12(13,14)15/h8-10,17H,4-7H2,1-2H3. The SMILES string of the molecule is CC1(C)C2CNCC2CN1CC(C#N)C(F)(F)F. The van der Waals surface area contributed by atoms with Crippen LogP contribution in [0.1, 0.15) is 13.8 Å². The van der Waals surface area contributed by atoms with E-state index in [1.165, 1.54) is 6.07 Å². The van der Waals surface area contributed by atoms with Crippen molar-refractivity contribution in [2.75, 3.05) is 26.2 Å². The van der Waals surface area contributed by atoms with Crippen molar-refractivity contribution in [1.29, 1.82) is 5.26 Å². The van der Waals surface area contributed by atoms with Gasteiger partial charge in [-0.15, -0.1) is 0 Å². The van der Waals surface area contributed by atoms with E-state index in [1.807, 2.05) is 18.7 Å². The van der Waals surface area contributed by atoms with Crippen LogP contribution in [0.3, 0.4) is 0 Å². The molecule has 3 nitrogen and oxygen atoms in total. The minimum absolute atomic E-state index is 0.208. The molecule has 3 unspecified atom stereocenters. The van der Waals surface area contributed by atoms with Gasteiger partial charge in [-0.1, -0.05) is 0 Å². The zero-order valence-corrected chi connectivity index (χ0v) is 10.6. The first-order valence-corrected chi connectivity index (χ1v) is 6.19. The number of fused-ring (bicyclic) bond motifs is 1. The van der Waals surface area contributed by atoms with Gasteiger partial charge in [0.2, 0.25) is 0 Å². The van der Waals surface area contributed by atoms with Gasteiger partial charge in [-0.05, 0) is 32.2 Å². The van der Waals surface area contributed by atoms with Crippen LogP contribution in [0.15, 0.2) is 0 Å². The lowest BCUT2D eigenvalue weighted by atomic mass is 9.84. The maximum Gasteiger partial charge on any atom is 0.405 e. The fourth-order valence-electron chi connectivity index (χ4n) is 3.25. The van der Waals surface area contributed by atoms with Gasteiger partial charge in [0.25, 0.3) is 0 Å². The summed E-state index contributed by atoms with van der Waals surface area (Å²) in [5.41, 5.74) is -0.269. The molecule has 0 aromatic carbocycles. The number of nitrogens with one attached hydrogen (secondary N) is 1. The van der Waals surface area contributed by atoms with Crippen molar-refractivity contribution in [3.8, 4) is 6.07 Å². The van der Waals surface area contributed by atoms with E-state index in [0.29, 0.717) is 18.4 Å². The predicted octanol–water partition coefficient (Wildman–Crippen LogP) is 1.62. The highest BCUT2D eigenvalue weighted by Crippen LogP contribution is 2.41. The molecule has 0 radical (unpaired) electrons. The lowest BCUT2D eigenvalue weighted by Gasteiger charge is -2.36. The molecule has 18 heavy (non-hydrogen) atoms. The Kier molecular flexibility index (Phi) is 3.32. The van der Waals surface area contributed by atoms with Gasteiger partial charge in [0.1, 0.15) is 0 Å². The Balaban J connectivity index is 2.09. The molecule has 0 bridgehead atoms. The number of hydrogen-bond acceptors (Lipinski definition) is 3. The first kappa shape index (κ1) is 13.6. The van der Waals surface area contributed by atoms with Gasteiger partial charge in [0.05, 0.1) is 6.07 Å². The maximum absolute atomic E-state index is 12.7. The molecule has 0 saturated carbocycles. The number of hydrogen-bond donors (Lipinski definition) is 1. The molecule has 0 amide bonds. The van der Waals surface area contributed by atoms with E-state index in [0.717, 1.165) is 13.1 Å². The number of halogens is 3. The third kappa shape index (κ3) is 2.21. The molecular weight excluding hydrogens is 243 g/mol. The lowest BCUT2D eigenvalue weighted by molar-refractivity contribution is -0.165. The summed E-state index contributed by atoms with van der Waals surface area (Å²) in [6.45, 7) is 6.13. The Morgan fingerprint density at radius 2 is 2.11 bits per heavy atom. The molecule has 0 spiro atoms. The molecule has 2 rings (SSSR count). The van der Waals surface area contributed by atoms with Crippen molar-refractivity contribution >= 4 is 0 Å². The lowest BCUT2D eigenvalue weighted by Crippen LogP contribution is -2.48.